The van der Waals surface area contributed by atoms with Crippen LogP contribution in [0.25, 0.3) is 0 Å². The summed E-state index contributed by atoms with van der Waals surface area (Å²) < 4.78 is 0.0358. The number of hydrogen-bond donors (Lipinski definition) is 1. The van der Waals surface area contributed by atoms with E-state index in [4.69, 9.17) is 5.11 Å². The van der Waals surface area contributed by atoms with Gasteiger partial charge in [-0.3, -0.25) is 9.59 Å². The van der Waals surface area contributed by atoms with Crippen LogP contribution in [0, 0.1) is 0 Å². The molecule has 1 aliphatic carbocycles. The average Bonchev–Trinajstić information content (AvgIpc) is 2.92. The maximum Gasteiger partial charge on any atom is 0.323 e. The lowest BCUT2D eigenvalue weighted by atomic mass is 10.3. The Labute approximate surface area is 100 Å². The van der Waals surface area contributed by atoms with Gasteiger partial charge in [0.05, 0.1) is 5.75 Å². The summed E-state index contributed by atoms with van der Waals surface area (Å²) in [6.07, 6.45) is 1.89. The average molecular weight is 245 g/mol. The van der Waals surface area contributed by atoms with Gasteiger partial charge in [0.1, 0.15) is 6.54 Å². The Morgan fingerprint density at radius 1 is 1.38 bits per heavy atom. The number of aliphatic carboxylic acids is 1. The van der Waals surface area contributed by atoms with Crippen LogP contribution in [-0.4, -0.2) is 45.0 Å². The van der Waals surface area contributed by atoms with Gasteiger partial charge in [-0.1, -0.05) is 20.8 Å². The third-order valence-corrected chi connectivity index (χ3v) is 3.50. The molecule has 0 aromatic heterocycles. The van der Waals surface area contributed by atoms with Crippen molar-refractivity contribution in [2.24, 2.45) is 0 Å². The van der Waals surface area contributed by atoms with Gasteiger partial charge in [-0.05, 0) is 12.8 Å². The Bertz CT molecular complexity index is 281. The van der Waals surface area contributed by atoms with Gasteiger partial charge in [-0.2, -0.15) is 0 Å². The Hall–Kier alpha value is -0.710. The van der Waals surface area contributed by atoms with Gasteiger partial charge < -0.3 is 10.0 Å². The number of nitrogens with zero attached hydrogens (tertiary/aromatic N) is 1. The van der Waals surface area contributed by atoms with Crippen LogP contribution in [-0.2, 0) is 9.59 Å². The Morgan fingerprint density at radius 2 is 1.94 bits per heavy atom. The molecule has 92 valence electrons. The molecular weight excluding hydrogens is 226 g/mol. The molecule has 1 aliphatic rings. The molecule has 0 unspecified atom stereocenters. The third-order valence-electron chi connectivity index (χ3n) is 2.24. The van der Waals surface area contributed by atoms with Crippen molar-refractivity contribution in [3.05, 3.63) is 0 Å². The Kier molecular flexibility index (Phi) is 4.24. The molecule has 16 heavy (non-hydrogen) atoms. The van der Waals surface area contributed by atoms with Crippen LogP contribution < -0.4 is 0 Å². The van der Waals surface area contributed by atoms with E-state index in [1.165, 1.54) is 4.90 Å². The van der Waals surface area contributed by atoms with E-state index in [0.717, 1.165) is 12.8 Å². The monoisotopic (exact) mass is 245 g/mol. The van der Waals surface area contributed by atoms with Crippen LogP contribution in [0.3, 0.4) is 0 Å². The molecule has 0 aliphatic heterocycles. The third kappa shape index (κ3) is 4.88. The molecule has 0 bridgehead atoms. The summed E-state index contributed by atoms with van der Waals surface area (Å²) >= 11 is 1.56. The minimum atomic E-state index is -0.930. The largest absolute Gasteiger partial charge is 0.480 e. The van der Waals surface area contributed by atoms with Crippen LogP contribution in [0.2, 0.25) is 0 Å². The van der Waals surface area contributed by atoms with Gasteiger partial charge in [0.25, 0.3) is 0 Å². The number of hydrogen-bond acceptors (Lipinski definition) is 3. The fraction of sp³-hybridized carbons (Fsp3) is 0.818. The first-order chi connectivity index (χ1) is 7.29. The van der Waals surface area contributed by atoms with Crippen LogP contribution in [0.4, 0.5) is 0 Å². The second kappa shape index (κ2) is 5.08. The first-order valence-electron chi connectivity index (χ1n) is 5.45. The van der Waals surface area contributed by atoms with Crippen molar-refractivity contribution in [1.82, 2.24) is 4.90 Å². The zero-order valence-electron chi connectivity index (χ0n) is 10.0. The molecule has 0 heterocycles. The fourth-order valence-electron chi connectivity index (χ4n) is 1.31. The summed E-state index contributed by atoms with van der Waals surface area (Å²) in [5.74, 6) is -0.612. The molecule has 0 saturated heterocycles. The van der Waals surface area contributed by atoms with E-state index in [1.54, 1.807) is 11.8 Å². The molecule has 0 aromatic rings. The van der Waals surface area contributed by atoms with E-state index in [-0.39, 0.29) is 23.2 Å². The molecule has 4 nitrogen and oxygen atoms in total. The fourth-order valence-corrected chi connectivity index (χ4v) is 2.04. The first-order valence-corrected chi connectivity index (χ1v) is 6.43. The van der Waals surface area contributed by atoms with Gasteiger partial charge in [0, 0.05) is 10.8 Å². The lowest BCUT2D eigenvalue weighted by Gasteiger charge is -2.23. The smallest absolute Gasteiger partial charge is 0.323 e. The summed E-state index contributed by atoms with van der Waals surface area (Å²) in [4.78, 5) is 24.0. The molecule has 1 amide bonds. The van der Waals surface area contributed by atoms with Crippen LogP contribution in [0.1, 0.15) is 33.6 Å². The van der Waals surface area contributed by atoms with Gasteiger partial charge in [-0.25, -0.2) is 0 Å². The maximum atomic E-state index is 11.8. The van der Waals surface area contributed by atoms with Crippen molar-refractivity contribution >= 4 is 23.6 Å². The van der Waals surface area contributed by atoms with E-state index in [9.17, 15) is 9.59 Å². The van der Waals surface area contributed by atoms with Crippen molar-refractivity contribution < 1.29 is 14.7 Å². The molecule has 1 fully saturated rings. The van der Waals surface area contributed by atoms with Crippen molar-refractivity contribution in [1.29, 1.82) is 0 Å². The molecule has 1 saturated carbocycles. The number of carboxylic acids is 1. The highest BCUT2D eigenvalue weighted by molar-refractivity contribution is 8.01. The highest BCUT2D eigenvalue weighted by Crippen LogP contribution is 2.29. The second-order valence-electron chi connectivity index (χ2n) is 5.05. The number of carbonyl (C=O) groups is 2. The minimum absolute atomic E-state index is 0.0358. The number of carboxylic acid groups (broad SMARTS) is 1. The predicted octanol–water partition coefficient (Wildman–Crippen LogP) is 1.59. The topological polar surface area (TPSA) is 57.6 Å². The van der Waals surface area contributed by atoms with E-state index in [0.29, 0.717) is 5.75 Å². The quantitative estimate of drug-likeness (QED) is 0.799. The van der Waals surface area contributed by atoms with Gasteiger partial charge in [0.15, 0.2) is 0 Å². The summed E-state index contributed by atoms with van der Waals surface area (Å²) in [5, 5.41) is 8.74. The lowest BCUT2D eigenvalue weighted by Crippen LogP contribution is -2.39. The van der Waals surface area contributed by atoms with Crippen molar-refractivity contribution in [2.75, 3.05) is 12.3 Å². The second-order valence-corrected chi connectivity index (χ2v) is 6.85. The summed E-state index contributed by atoms with van der Waals surface area (Å²) in [5.41, 5.74) is 0. The normalized spacial score (nSPS) is 15.9. The Morgan fingerprint density at radius 3 is 2.31 bits per heavy atom. The Balaban J connectivity index is 2.44. The summed E-state index contributed by atoms with van der Waals surface area (Å²) in [6.45, 7) is 5.98. The van der Waals surface area contributed by atoms with Gasteiger partial charge in [0.2, 0.25) is 5.91 Å². The van der Waals surface area contributed by atoms with E-state index in [2.05, 4.69) is 0 Å². The highest BCUT2D eigenvalue weighted by atomic mass is 32.2. The first kappa shape index (κ1) is 13.4. The molecular formula is C11H19NO3S. The lowest BCUT2D eigenvalue weighted by molar-refractivity contribution is -0.143. The molecule has 0 aromatic carbocycles. The zero-order valence-corrected chi connectivity index (χ0v) is 10.8. The SMILES string of the molecule is CC(C)(C)SCC(=O)N(CC(=O)O)C1CC1. The van der Waals surface area contributed by atoms with Crippen molar-refractivity contribution in [3.63, 3.8) is 0 Å². The van der Waals surface area contributed by atoms with Crippen LogP contribution in [0.15, 0.2) is 0 Å². The van der Waals surface area contributed by atoms with Crippen molar-refractivity contribution in [2.45, 2.75) is 44.4 Å². The number of amides is 1. The number of thioether (sulfide) groups is 1. The molecule has 0 radical (unpaired) electrons. The molecule has 5 heteroatoms. The number of rotatable bonds is 5. The molecule has 1 N–H and O–H groups in total. The van der Waals surface area contributed by atoms with Crippen molar-refractivity contribution in [3.8, 4) is 0 Å². The predicted molar refractivity (Wildman–Crippen MR) is 64.6 cm³/mol. The van der Waals surface area contributed by atoms with Crippen LogP contribution >= 0.6 is 11.8 Å². The standard InChI is InChI=1S/C11H19NO3S/c1-11(2,3)16-7-9(13)12(6-10(14)15)8-4-5-8/h8H,4-7H2,1-3H3,(H,14,15). The summed E-state index contributed by atoms with van der Waals surface area (Å²) in [7, 11) is 0. The zero-order chi connectivity index (χ0) is 12.3. The molecule has 0 atom stereocenters. The van der Waals surface area contributed by atoms with Gasteiger partial charge >= 0.3 is 5.97 Å². The van der Waals surface area contributed by atoms with E-state index >= 15 is 0 Å². The van der Waals surface area contributed by atoms with E-state index < -0.39 is 5.97 Å². The summed E-state index contributed by atoms with van der Waals surface area (Å²) in [6, 6.07) is 0.171. The van der Waals surface area contributed by atoms with Crippen LogP contribution in [0.5, 0.6) is 0 Å². The maximum absolute atomic E-state index is 11.8. The highest BCUT2D eigenvalue weighted by Gasteiger charge is 2.33. The van der Waals surface area contributed by atoms with E-state index in [1.807, 2.05) is 20.8 Å². The molecule has 1 rings (SSSR count). The minimum Gasteiger partial charge on any atom is -0.480 e. The van der Waals surface area contributed by atoms with Gasteiger partial charge in [-0.15, -0.1) is 11.8 Å². The number of carbonyl (C=O) groups excluding carboxylic acids is 1. The molecule has 0 spiro atoms.